The van der Waals surface area contributed by atoms with Gasteiger partial charge in [0.15, 0.2) is 0 Å². The van der Waals surface area contributed by atoms with Crippen LogP contribution in [-0.2, 0) is 20.5 Å². The van der Waals surface area contributed by atoms with Crippen LogP contribution in [0.3, 0.4) is 0 Å². The van der Waals surface area contributed by atoms with Crippen LogP contribution in [0.1, 0.15) is 75.6 Å². The van der Waals surface area contributed by atoms with Gasteiger partial charge in [0.2, 0.25) is 5.91 Å². The van der Waals surface area contributed by atoms with Gasteiger partial charge < -0.3 is 19.9 Å². The van der Waals surface area contributed by atoms with Crippen LogP contribution in [0.4, 0.5) is 5.69 Å². The van der Waals surface area contributed by atoms with Crippen molar-refractivity contribution in [2.45, 2.75) is 83.5 Å². The van der Waals surface area contributed by atoms with Crippen molar-refractivity contribution in [3.05, 3.63) is 58.3 Å². The van der Waals surface area contributed by atoms with Crippen LogP contribution >= 0.6 is 0 Å². The molecule has 2 unspecified atom stereocenters. The summed E-state index contributed by atoms with van der Waals surface area (Å²) in [5.74, 6) is 0.635. The molecule has 4 fully saturated rings. The maximum atomic E-state index is 13.5. The summed E-state index contributed by atoms with van der Waals surface area (Å²) in [6.07, 6.45) is 5.14. The predicted octanol–water partition coefficient (Wildman–Crippen LogP) is 3.15. The molecule has 2 amide bonds. The molecule has 1 saturated heterocycles. The number of aromatic nitrogens is 2. The van der Waals surface area contributed by atoms with Gasteiger partial charge in [-0.1, -0.05) is 39.0 Å². The van der Waals surface area contributed by atoms with E-state index < -0.39 is 24.6 Å². The Kier molecular flexibility index (Phi) is 6.03. The number of hydrogen-bond donors (Lipinski definition) is 2. The van der Waals surface area contributed by atoms with Gasteiger partial charge in [-0.3, -0.25) is 19.0 Å². The molecule has 1 aromatic heterocycles. The number of carbonyl (C=O) groups is 2. The summed E-state index contributed by atoms with van der Waals surface area (Å²) in [6, 6.07) is 7.95. The van der Waals surface area contributed by atoms with E-state index in [-0.39, 0.29) is 34.7 Å². The fraction of sp³-hybridized carbons (Fsp3) is 0.571. The van der Waals surface area contributed by atoms with Crippen molar-refractivity contribution in [2.24, 2.45) is 17.3 Å². The monoisotopic (exact) mass is 518 g/mol. The van der Waals surface area contributed by atoms with E-state index in [1.807, 2.05) is 13.0 Å². The number of nitrogens with one attached hydrogen (secondary N) is 2. The van der Waals surface area contributed by atoms with Crippen LogP contribution in [0.25, 0.3) is 0 Å². The molecule has 7 rings (SSSR count). The first-order valence-corrected chi connectivity index (χ1v) is 13.7. The van der Waals surface area contributed by atoms with Crippen LogP contribution in [0.15, 0.2) is 41.3 Å². The van der Waals surface area contributed by atoms with Crippen LogP contribution < -0.4 is 16.2 Å². The first-order chi connectivity index (χ1) is 18.1. The van der Waals surface area contributed by atoms with Gasteiger partial charge in [0.05, 0.1) is 23.8 Å². The number of amides is 2. The Morgan fingerprint density at radius 3 is 2.71 bits per heavy atom. The van der Waals surface area contributed by atoms with Gasteiger partial charge >= 0.3 is 7.12 Å². The van der Waals surface area contributed by atoms with Gasteiger partial charge in [-0.2, -0.15) is 0 Å². The second-order valence-electron chi connectivity index (χ2n) is 12.1. The second kappa shape index (κ2) is 9.05. The van der Waals surface area contributed by atoms with Gasteiger partial charge in [-0.05, 0) is 62.0 Å². The lowest BCUT2D eigenvalue weighted by Gasteiger charge is -2.63. The maximum absolute atomic E-state index is 13.5. The zero-order valence-corrected chi connectivity index (χ0v) is 22.4. The topological polar surface area (TPSA) is 112 Å². The van der Waals surface area contributed by atoms with Gasteiger partial charge in [0.1, 0.15) is 17.6 Å². The lowest BCUT2D eigenvalue weighted by Crippen LogP contribution is -2.63. The lowest BCUT2D eigenvalue weighted by atomic mass is 9.45. The van der Waals surface area contributed by atoms with Crippen molar-refractivity contribution in [1.29, 1.82) is 0 Å². The molecule has 6 atom stereocenters. The first-order valence-electron chi connectivity index (χ1n) is 13.7. The molecule has 0 radical (unpaired) electrons. The minimum atomic E-state index is -0.710. The van der Waals surface area contributed by atoms with Crippen molar-refractivity contribution in [3.63, 3.8) is 0 Å². The molecule has 5 aliphatic rings. The zero-order valence-electron chi connectivity index (χ0n) is 22.4. The zero-order chi connectivity index (χ0) is 26.8. The number of benzene rings is 1. The average Bonchev–Trinajstić information content (AvgIpc) is 3.50. The summed E-state index contributed by atoms with van der Waals surface area (Å²) >= 11 is 0. The largest absolute Gasteiger partial charge is 0.481 e. The molecule has 0 spiro atoms. The average molecular weight is 518 g/mol. The van der Waals surface area contributed by atoms with Crippen molar-refractivity contribution < 1.29 is 18.9 Å². The molecule has 2 bridgehead atoms. The molecule has 2 aliphatic heterocycles. The normalized spacial score (nSPS) is 31.1. The Balaban J connectivity index is 1.17. The van der Waals surface area contributed by atoms with E-state index in [2.05, 4.69) is 36.4 Å². The van der Waals surface area contributed by atoms with Crippen LogP contribution in [0, 0.1) is 17.3 Å². The van der Waals surface area contributed by atoms with Crippen LogP contribution in [0.2, 0.25) is 0 Å². The highest BCUT2D eigenvalue weighted by Gasteiger charge is 2.67. The third-order valence-electron chi connectivity index (χ3n) is 9.54. The Morgan fingerprint density at radius 2 is 2.00 bits per heavy atom. The maximum Gasteiger partial charge on any atom is 0.481 e. The fourth-order valence-corrected chi connectivity index (χ4v) is 7.08. The molecule has 9 nitrogen and oxygen atoms in total. The van der Waals surface area contributed by atoms with Crippen molar-refractivity contribution >= 4 is 24.6 Å². The Labute approximate surface area is 222 Å². The van der Waals surface area contributed by atoms with Gasteiger partial charge in [0.25, 0.3) is 11.5 Å². The van der Waals surface area contributed by atoms with E-state index >= 15 is 0 Å². The molecule has 3 saturated carbocycles. The molecule has 1 aromatic carbocycles. The van der Waals surface area contributed by atoms with E-state index in [4.69, 9.17) is 9.31 Å². The molecule has 10 heteroatoms. The molecule has 2 aromatic rings. The number of anilines is 1. The summed E-state index contributed by atoms with van der Waals surface area (Å²) in [5.41, 5.74) is -0.0278. The van der Waals surface area contributed by atoms with Gasteiger partial charge in [0, 0.05) is 12.0 Å². The predicted molar refractivity (Wildman–Crippen MR) is 143 cm³/mol. The molecular weight excluding hydrogens is 483 g/mol. The number of rotatable bonds is 6. The highest BCUT2D eigenvalue weighted by atomic mass is 16.7. The smallest absolute Gasteiger partial charge is 0.404 e. The molecular formula is C28H35BN4O5. The summed E-state index contributed by atoms with van der Waals surface area (Å²) < 4.78 is 14.4. The van der Waals surface area contributed by atoms with E-state index in [0.29, 0.717) is 42.5 Å². The number of carbonyl (C=O) groups excluding carboxylic acids is 2. The number of hydrogen-bond acceptors (Lipinski definition) is 6. The number of fused-ring (bicyclic) bond motifs is 1. The SMILES string of the molecule is CC[C@H](NC(=O)[C@@H]1CCc2ncc(NC(=O)c3ccccc3)c(=O)n21)B1O[C@@H]2C3CC(C[C@]2(C)O1)C3(C)C. The summed E-state index contributed by atoms with van der Waals surface area (Å²) in [4.78, 5) is 43.9. The molecule has 3 aliphatic carbocycles. The highest BCUT2D eigenvalue weighted by molar-refractivity contribution is 6.47. The van der Waals surface area contributed by atoms with E-state index in [9.17, 15) is 14.4 Å². The van der Waals surface area contributed by atoms with Crippen molar-refractivity contribution in [2.75, 3.05) is 5.32 Å². The summed E-state index contributed by atoms with van der Waals surface area (Å²) in [6.45, 7) is 8.78. The minimum absolute atomic E-state index is 0.0215. The Hall–Kier alpha value is -2.98. The van der Waals surface area contributed by atoms with Crippen molar-refractivity contribution in [3.8, 4) is 0 Å². The third kappa shape index (κ3) is 3.91. The van der Waals surface area contributed by atoms with Crippen LogP contribution in [-0.4, -0.2) is 46.1 Å². The third-order valence-corrected chi connectivity index (χ3v) is 9.54. The molecule has 200 valence electrons. The molecule has 38 heavy (non-hydrogen) atoms. The summed E-state index contributed by atoms with van der Waals surface area (Å²) in [5, 5.41) is 5.77. The van der Waals surface area contributed by atoms with Crippen molar-refractivity contribution in [1.82, 2.24) is 14.9 Å². The lowest BCUT2D eigenvalue weighted by molar-refractivity contribution is -0.185. The number of nitrogens with zero attached hydrogens (tertiary/aromatic N) is 2. The Bertz CT molecular complexity index is 1330. The highest BCUT2D eigenvalue weighted by Crippen LogP contribution is 2.64. The Morgan fingerprint density at radius 1 is 1.24 bits per heavy atom. The minimum Gasteiger partial charge on any atom is -0.404 e. The second-order valence-corrected chi connectivity index (χ2v) is 12.1. The fourth-order valence-electron chi connectivity index (χ4n) is 7.08. The quantitative estimate of drug-likeness (QED) is 0.569. The van der Waals surface area contributed by atoms with Gasteiger partial charge in [-0.15, -0.1) is 0 Å². The van der Waals surface area contributed by atoms with E-state index in [1.165, 1.54) is 17.2 Å². The molecule has 3 heterocycles. The summed E-state index contributed by atoms with van der Waals surface area (Å²) in [7, 11) is -0.527. The number of aryl methyl sites for hydroxylation is 1. The standard InChI is InChI=1S/C28H35BN4O5/c1-5-21(29-37-23-18-13-17(27(18,2)3)14-28(23,4)38-29)32-25(35)20-11-12-22-30-15-19(26(36)33(20)22)31-24(34)16-9-7-6-8-10-16/h6-10,15,17-18,20-21,23H,5,11-14H2,1-4H3,(H,31,34)(H,32,35)/t17?,18?,20-,21-,23+,28-/m0/s1. The first kappa shape index (κ1) is 25.3. The molecule has 2 N–H and O–H groups in total. The van der Waals surface area contributed by atoms with Gasteiger partial charge in [-0.25, -0.2) is 4.98 Å². The van der Waals surface area contributed by atoms with Crippen LogP contribution in [0.5, 0.6) is 0 Å². The van der Waals surface area contributed by atoms with E-state index in [1.54, 1.807) is 24.3 Å². The van der Waals surface area contributed by atoms with E-state index in [0.717, 1.165) is 6.42 Å².